The van der Waals surface area contributed by atoms with E-state index in [0.29, 0.717) is 6.54 Å². The normalized spacial score (nSPS) is 10.7. The summed E-state index contributed by atoms with van der Waals surface area (Å²) in [6, 6.07) is 17.4. The molecule has 0 radical (unpaired) electrons. The van der Waals surface area contributed by atoms with Crippen LogP contribution in [0, 0.1) is 0 Å². The molecule has 3 rings (SSSR count). The van der Waals surface area contributed by atoms with E-state index in [1.165, 1.54) is 6.08 Å². The van der Waals surface area contributed by atoms with Gasteiger partial charge in [-0.3, -0.25) is 14.8 Å². The Labute approximate surface area is 140 Å². The molecule has 0 atom stereocenters. The molecule has 0 unspecified atom stereocenters. The van der Waals surface area contributed by atoms with Gasteiger partial charge in [0.2, 0.25) is 5.91 Å². The molecule has 0 spiro atoms. The van der Waals surface area contributed by atoms with Crippen molar-refractivity contribution in [3.05, 3.63) is 90.4 Å². The second-order valence-electron chi connectivity index (χ2n) is 5.21. The third-order valence-corrected chi connectivity index (χ3v) is 3.51. The monoisotopic (exact) mass is 315 g/mol. The topological polar surface area (TPSA) is 54.9 Å². The van der Waals surface area contributed by atoms with Crippen LogP contribution >= 0.6 is 0 Å². The summed E-state index contributed by atoms with van der Waals surface area (Å²) in [6.07, 6.45) is 8.56. The average molecular weight is 315 g/mol. The predicted octanol–water partition coefficient (Wildman–Crippen LogP) is 3.47. The van der Waals surface area contributed by atoms with E-state index >= 15 is 0 Å². The molecule has 24 heavy (non-hydrogen) atoms. The van der Waals surface area contributed by atoms with Crippen molar-refractivity contribution in [2.75, 3.05) is 0 Å². The Kier molecular flexibility index (Phi) is 5.10. The predicted molar refractivity (Wildman–Crippen MR) is 94.8 cm³/mol. The molecule has 0 aliphatic rings. The van der Waals surface area contributed by atoms with E-state index in [1.54, 1.807) is 24.7 Å². The highest BCUT2D eigenvalue weighted by Crippen LogP contribution is 2.19. The van der Waals surface area contributed by atoms with Gasteiger partial charge in [0.1, 0.15) is 0 Å². The maximum Gasteiger partial charge on any atom is 0.244 e. The van der Waals surface area contributed by atoms with Crippen LogP contribution in [0.25, 0.3) is 17.3 Å². The lowest BCUT2D eigenvalue weighted by atomic mass is 10.1. The minimum atomic E-state index is -0.139. The first kappa shape index (κ1) is 15.6. The summed E-state index contributed by atoms with van der Waals surface area (Å²) in [6.45, 7) is 0.413. The van der Waals surface area contributed by atoms with Gasteiger partial charge in [-0.05, 0) is 35.4 Å². The van der Waals surface area contributed by atoms with Crippen LogP contribution in [0.15, 0.2) is 79.3 Å². The summed E-state index contributed by atoms with van der Waals surface area (Å²) in [5.74, 6) is -0.139. The van der Waals surface area contributed by atoms with Crippen LogP contribution in [0.3, 0.4) is 0 Å². The Morgan fingerprint density at radius 3 is 2.62 bits per heavy atom. The number of pyridine rings is 2. The fourth-order valence-electron chi connectivity index (χ4n) is 2.32. The van der Waals surface area contributed by atoms with Crippen molar-refractivity contribution in [1.29, 1.82) is 0 Å². The van der Waals surface area contributed by atoms with Crippen molar-refractivity contribution in [1.82, 2.24) is 15.3 Å². The van der Waals surface area contributed by atoms with Gasteiger partial charge in [-0.15, -0.1) is 0 Å². The van der Waals surface area contributed by atoms with Gasteiger partial charge in [0.05, 0.1) is 5.69 Å². The smallest absolute Gasteiger partial charge is 0.244 e. The summed E-state index contributed by atoms with van der Waals surface area (Å²) in [7, 11) is 0. The lowest BCUT2D eigenvalue weighted by Crippen LogP contribution is -2.20. The standard InChI is InChI=1S/C20H17N3O/c24-19(11-10-16-6-2-1-3-7-16)23-15-18-9-5-13-22-20(18)17-8-4-12-21-14-17/h1-14H,15H2,(H,23,24)/b11-10+. The summed E-state index contributed by atoms with van der Waals surface area (Å²) in [5.41, 5.74) is 3.71. The number of amides is 1. The van der Waals surface area contributed by atoms with Crippen LogP contribution in [0.4, 0.5) is 0 Å². The number of nitrogens with zero attached hydrogens (tertiary/aromatic N) is 2. The maximum atomic E-state index is 12.0. The number of nitrogens with one attached hydrogen (secondary N) is 1. The number of carbonyl (C=O) groups excluding carboxylic acids is 1. The quantitative estimate of drug-likeness (QED) is 0.733. The zero-order chi connectivity index (χ0) is 16.6. The molecular formula is C20H17N3O. The molecule has 0 aliphatic carbocycles. The number of benzene rings is 1. The fraction of sp³-hybridized carbons (Fsp3) is 0.0500. The molecule has 1 amide bonds. The molecule has 0 aliphatic heterocycles. The van der Waals surface area contributed by atoms with Crippen molar-refractivity contribution in [2.45, 2.75) is 6.54 Å². The molecule has 0 bridgehead atoms. The molecule has 1 N–H and O–H groups in total. The third kappa shape index (κ3) is 4.14. The first-order chi connectivity index (χ1) is 11.8. The molecule has 118 valence electrons. The summed E-state index contributed by atoms with van der Waals surface area (Å²) in [5, 5.41) is 2.89. The SMILES string of the molecule is O=C(/C=C/c1ccccc1)NCc1cccnc1-c1cccnc1. The number of hydrogen-bond acceptors (Lipinski definition) is 3. The molecule has 2 aromatic heterocycles. The Balaban J connectivity index is 1.67. The second-order valence-corrected chi connectivity index (χ2v) is 5.21. The first-order valence-corrected chi connectivity index (χ1v) is 7.68. The number of aromatic nitrogens is 2. The third-order valence-electron chi connectivity index (χ3n) is 3.51. The molecule has 0 fully saturated rings. The van der Waals surface area contributed by atoms with Crippen LogP contribution in [0.2, 0.25) is 0 Å². The van der Waals surface area contributed by atoms with Gasteiger partial charge >= 0.3 is 0 Å². The van der Waals surface area contributed by atoms with Gasteiger partial charge in [-0.1, -0.05) is 36.4 Å². The van der Waals surface area contributed by atoms with E-state index in [-0.39, 0.29) is 5.91 Å². The molecule has 3 aromatic rings. The Bertz CT molecular complexity index is 830. The summed E-state index contributed by atoms with van der Waals surface area (Å²) in [4.78, 5) is 20.5. The van der Waals surface area contributed by atoms with Crippen molar-refractivity contribution in [2.24, 2.45) is 0 Å². The van der Waals surface area contributed by atoms with Gasteiger partial charge in [0, 0.05) is 36.8 Å². The second kappa shape index (κ2) is 7.83. The molecule has 0 saturated carbocycles. The van der Waals surface area contributed by atoms with Gasteiger partial charge in [-0.2, -0.15) is 0 Å². The van der Waals surface area contributed by atoms with E-state index in [1.807, 2.05) is 54.6 Å². The van der Waals surface area contributed by atoms with Crippen LogP contribution < -0.4 is 5.32 Å². The Morgan fingerprint density at radius 1 is 1.00 bits per heavy atom. The van der Waals surface area contributed by atoms with Gasteiger partial charge < -0.3 is 5.32 Å². The minimum absolute atomic E-state index is 0.139. The van der Waals surface area contributed by atoms with E-state index in [2.05, 4.69) is 15.3 Å². The fourth-order valence-corrected chi connectivity index (χ4v) is 2.32. The van der Waals surface area contributed by atoms with E-state index in [9.17, 15) is 4.79 Å². The molecular weight excluding hydrogens is 298 g/mol. The first-order valence-electron chi connectivity index (χ1n) is 7.68. The van der Waals surface area contributed by atoms with Crippen LogP contribution in [-0.4, -0.2) is 15.9 Å². The lowest BCUT2D eigenvalue weighted by molar-refractivity contribution is -0.116. The zero-order valence-corrected chi connectivity index (χ0v) is 13.1. The Hall–Kier alpha value is -3.27. The maximum absolute atomic E-state index is 12.0. The average Bonchev–Trinajstić information content (AvgIpc) is 2.66. The van der Waals surface area contributed by atoms with E-state index in [0.717, 1.165) is 22.4 Å². The zero-order valence-electron chi connectivity index (χ0n) is 13.1. The summed E-state index contributed by atoms with van der Waals surface area (Å²) < 4.78 is 0. The highest BCUT2D eigenvalue weighted by Gasteiger charge is 2.06. The number of hydrogen-bond donors (Lipinski definition) is 1. The lowest BCUT2D eigenvalue weighted by Gasteiger charge is -2.08. The molecule has 4 heteroatoms. The van der Waals surface area contributed by atoms with Crippen molar-refractivity contribution < 1.29 is 4.79 Å². The highest BCUT2D eigenvalue weighted by molar-refractivity contribution is 5.91. The van der Waals surface area contributed by atoms with Crippen LogP contribution in [0.1, 0.15) is 11.1 Å². The molecule has 0 saturated heterocycles. The highest BCUT2D eigenvalue weighted by atomic mass is 16.1. The Morgan fingerprint density at radius 2 is 1.83 bits per heavy atom. The van der Waals surface area contributed by atoms with E-state index in [4.69, 9.17) is 0 Å². The number of carbonyl (C=O) groups is 1. The van der Waals surface area contributed by atoms with Crippen LogP contribution in [-0.2, 0) is 11.3 Å². The van der Waals surface area contributed by atoms with Crippen molar-refractivity contribution >= 4 is 12.0 Å². The van der Waals surface area contributed by atoms with Gasteiger partial charge in [0.15, 0.2) is 0 Å². The molecule has 1 aromatic carbocycles. The van der Waals surface area contributed by atoms with Crippen molar-refractivity contribution in [3.63, 3.8) is 0 Å². The minimum Gasteiger partial charge on any atom is -0.348 e. The van der Waals surface area contributed by atoms with Crippen molar-refractivity contribution in [3.8, 4) is 11.3 Å². The van der Waals surface area contributed by atoms with Crippen LogP contribution in [0.5, 0.6) is 0 Å². The largest absolute Gasteiger partial charge is 0.348 e. The van der Waals surface area contributed by atoms with E-state index < -0.39 is 0 Å². The van der Waals surface area contributed by atoms with Gasteiger partial charge in [-0.25, -0.2) is 0 Å². The molecule has 4 nitrogen and oxygen atoms in total. The summed E-state index contributed by atoms with van der Waals surface area (Å²) >= 11 is 0. The molecule has 2 heterocycles. The number of rotatable bonds is 5. The van der Waals surface area contributed by atoms with Gasteiger partial charge in [0.25, 0.3) is 0 Å².